The van der Waals surface area contributed by atoms with Crippen LogP contribution in [-0.2, 0) is 4.74 Å². The fraction of sp³-hybridized carbons (Fsp3) is 0.241. The first kappa shape index (κ1) is 26.1. The number of carbonyl (C=O) groups excluding carboxylic acids is 2. The highest BCUT2D eigenvalue weighted by Gasteiger charge is 2.25. The second-order valence-corrected chi connectivity index (χ2v) is 8.60. The predicted octanol–water partition coefficient (Wildman–Crippen LogP) is 5.37. The molecule has 4 rings (SSSR count). The third kappa shape index (κ3) is 6.80. The van der Waals surface area contributed by atoms with Gasteiger partial charge in [0.1, 0.15) is 23.0 Å². The monoisotopic (exact) mass is 510 g/mol. The number of carbonyl (C=O) groups is 2. The van der Waals surface area contributed by atoms with Gasteiger partial charge in [-0.2, -0.15) is 10.5 Å². The molecular formula is C29H26N4O5. The minimum Gasteiger partial charge on any atom is -0.457 e. The van der Waals surface area contributed by atoms with Crippen LogP contribution in [0.4, 0.5) is 4.79 Å². The van der Waals surface area contributed by atoms with Gasteiger partial charge in [-0.15, -0.1) is 0 Å². The Morgan fingerprint density at radius 1 is 0.842 bits per heavy atom. The lowest BCUT2D eigenvalue weighted by atomic mass is 10.0. The van der Waals surface area contributed by atoms with Gasteiger partial charge in [0.25, 0.3) is 5.91 Å². The van der Waals surface area contributed by atoms with Gasteiger partial charge >= 0.3 is 6.09 Å². The molecule has 0 unspecified atom stereocenters. The van der Waals surface area contributed by atoms with Gasteiger partial charge in [0.2, 0.25) is 0 Å². The number of benzene rings is 3. The smallest absolute Gasteiger partial charge is 0.409 e. The number of nitrogens with zero attached hydrogens (tertiary/aromatic N) is 3. The van der Waals surface area contributed by atoms with Crippen molar-refractivity contribution in [3.8, 4) is 35.1 Å². The number of nitriles is 2. The van der Waals surface area contributed by atoms with Gasteiger partial charge in [0.05, 0.1) is 29.9 Å². The molecule has 0 bridgehead atoms. The molecule has 0 spiro atoms. The molecule has 1 saturated heterocycles. The van der Waals surface area contributed by atoms with Crippen molar-refractivity contribution < 1.29 is 23.8 Å². The van der Waals surface area contributed by atoms with Crippen LogP contribution in [0.25, 0.3) is 0 Å². The predicted molar refractivity (Wildman–Crippen MR) is 138 cm³/mol. The van der Waals surface area contributed by atoms with E-state index in [9.17, 15) is 9.59 Å². The van der Waals surface area contributed by atoms with Gasteiger partial charge < -0.3 is 24.4 Å². The Labute approximate surface area is 220 Å². The van der Waals surface area contributed by atoms with E-state index >= 15 is 0 Å². The number of amides is 2. The van der Waals surface area contributed by atoms with E-state index in [0.717, 1.165) is 0 Å². The first-order valence-electron chi connectivity index (χ1n) is 12.2. The number of hydrogen-bond acceptors (Lipinski definition) is 7. The van der Waals surface area contributed by atoms with Crippen molar-refractivity contribution in [2.45, 2.75) is 25.8 Å². The van der Waals surface area contributed by atoms with E-state index in [1.54, 1.807) is 78.6 Å². The first-order chi connectivity index (χ1) is 18.5. The summed E-state index contributed by atoms with van der Waals surface area (Å²) in [4.78, 5) is 26.8. The molecular weight excluding hydrogens is 484 g/mol. The molecule has 1 N–H and O–H groups in total. The largest absolute Gasteiger partial charge is 0.457 e. The van der Waals surface area contributed by atoms with Gasteiger partial charge in [0, 0.05) is 30.8 Å². The zero-order chi connectivity index (χ0) is 26.9. The van der Waals surface area contributed by atoms with Crippen LogP contribution >= 0.6 is 0 Å². The van der Waals surface area contributed by atoms with E-state index in [-0.39, 0.29) is 18.0 Å². The van der Waals surface area contributed by atoms with Crippen molar-refractivity contribution in [1.29, 1.82) is 10.5 Å². The minimum absolute atomic E-state index is 0.0980. The fourth-order valence-corrected chi connectivity index (χ4v) is 3.98. The van der Waals surface area contributed by atoms with Gasteiger partial charge in [0.15, 0.2) is 0 Å². The van der Waals surface area contributed by atoms with Gasteiger partial charge in [-0.3, -0.25) is 4.79 Å². The van der Waals surface area contributed by atoms with E-state index in [0.29, 0.717) is 72.2 Å². The van der Waals surface area contributed by atoms with Crippen molar-refractivity contribution >= 4 is 12.0 Å². The molecule has 38 heavy (non-hydrogen) atoms. The summed E-state index contributed by atoms with van der Waals surface area (Å²) < 4.78 is 17.0. The standard InChI is InChI=1S/C29H26N4O5/c1-2-36-29(35)33-13-11-23(12-14-33)32-28(34)22-15-26(37-24-7-3-20(18-30)4-8-24)17-27(16-22)38-25-9-5-21(19-31)6-10-25/h3-10,15-17,23H,2,11-14H2,1H3,(H,32,34). The topological polar surface area (TPSA) is 125 Å². The SMILES string of the molecule is CCOC(=O)N1CCC(NC(=O)c2cc(Oc3ccc(C#N)cc3)cc(Oc3ccc(C#N)cc3)c2)CC1. The molecule has 192 valence electrons. The fourth-order valence-electron chi connectivity index (χ4n) is 3.98. The highest BCUT2D eigenvalue weighted by molar-refractivity contribution is 5.95. The quantitative estimate of drug-likeness (QED) is 0.453. The van der Waals surface area contributed by atoms with E-state index < -0.39 is 0 Å². The molecule has 9 nitrogen and oxygen atoms in total. The number of rotatable bonds is 7. The summed E-state index contributed by atoms with van der Waals surface area (Å²) in [5, 5.41) is 21.1. The van der Waals surface area contributed by atoms with Crippen LogP contribution in [0.3, 0.4) is 0 Å². The molecule has 1 fully saturated rings. The van der Waals surface area contributed by atoms with Crippen LogP contribution in [0.15, 0.2) is 66.7 Å². The van der Waals surface area contributed by atoms with Crippen LogP contribution in [0.1, 0.15) is 41.3 Å². The molecule has 0 radical (unpaired) electrons. The molecule has 9 heteroatoms. The third-order valence-electron chi connectivity index (χ3n) is 5.94. The maximum Gasteiger partial charge on any atom is 0.409 e. The van der Waals surface area contributed by atoms with Crippen molar-refractivity contribution in [2.24, 2.45) is 0 Å². The molecule has 0 saturated carbocycles. The van der Waals surface area contributed by atoms with Crippen LogP contribution in [0.2, 0.25) is 0 Å². The molecule has 0 aliphatic carbocycles. The summed E-state index contributed by atoms with van der Waals surface area (Å²) in [6.45, 7) is 3.09. The number of piperidine rings is 1. The highest BCUT2D eigenvalue weighted by atomic mass is 16.6. The van der Waals surface area contributed by atoms with Crippen molar-refractivity contribution in [3.63, 3.8) is 0 Å². The van der Waals surface area contributed by atoms with Gasteiger partial charge in [-0.1, -0.05) is 0 Å². The Balaban J connectivity index is 1.51. The van der Waals surface area contributed by atoms with Crippen LogP contribution < -0.4 is 14.8 Å². The second-order valence-electron chi connectivity index (χ2n) is 8.60. The summed E-state index contributed by atoms with van der Waals surface area (Å²) >= 11 is 0. The molecule has 0 atom stereocenters. The molecule has 0 aromatic heterocycles. The summed E-state index contributed by atoms with van der Waals surface area (Å²) in [7, 11) is 0. The van der Waals surface area contributed by atoms with Crippen molar-refractivity contribution in [3.05, 3.63) is 83.4 Å². The zero-order valence-corrected chi connectivity index (χ0v) is 20.8. The summed E-state index contributed by atoms with van der Waals surface area (Å²) in [6.07, 6.45) is 0.885. The Morgan fingerprint density at radius 2 is 1.34 bits per heavy atom. The van der Waals surface area contributed by atoms with Gasteiger partial charge in [-0.05, 0) is 80.4 Å². The zero-order valence-electron chi connectivity index (χ0n) is 20.8. The maximum absolute atomic E-state index is 13.2. The van der Waals surface area contributed by atoms with E-state index in [1.807, 2.05) is 0 Å². The summed E-state index contributed by atoms with van der Waals surface area (Å²) in [5.74, 6) is 1.45. The Kier molecular flexibility index (Phi) is 8.42. The first-order valence-corrected chi connectivity index (χ1v) is 12.2. The molecule has 3 aromatic carbocycles. The van der Waals surface area contributed by atoms with Crippen LogP contribution in [0.5, 0.6) is 23.0 Å². The normalized spacial score (nSPS) is 13.1. The third-order valence-corrected chi connectivity index (χ3v) is 5.94. The molecule has 1 aliphatic heterocycles. The lowest BCUT2D eigenvalue weighted by molar-refractivity contribution is 0.0859. The van der Waals surface area contributed by atoms with E-state index in [1.165, 1.54) is 0 Å². The second kappa shape index (κ2) is 12.3. The number of nitrogens with one attached hydrogen (secondary N) is 1. The summed E-state index contributed by atoms with van der Waals surface area (Å²) in [6, 6.07) is 22.2. The van der Waals surface area contributed by atoms with Gasteiger partial charge in [-0.25, -0.2) is 4.79 Å². The number of ether oxygens (including phenoxy) is 3. The number of likely N-dealkylation sites (tertiary alicyclic amines) is 1. The van der Waals surface area contributed by atoms with Crippen LogP contribution in [-0.4, -0.2) is 42.6 Å². The Bertz CT molecular complexity index is 1290. The molecule has 2 amide bonds. The molecule has 1 aliphatic rings. The lowest BCUT2D eigenvalue weighted by Gasteiger charge is -2.31. The number of hydrogen-bond donors (Lipinski definition) is 1. The Hall–Kier alpha value is -5.02. The van der Waals surface area contributed by atoms with Crippen molar-refractivity contribution in [1.82, 2.24) is 10.2 Å². The van der Waals surface area contributed by atoms with E-state index in [4.69, 9.17) is 24.7 Å². The lowest BCUT2D eigenvalue weighted by Crippen LogP contribution is -2.46. The highest BCUT2D eigenvalue weighted by Crippen LogP contribution is 2.31. The average Bonchev–Trinajstić information content (AvgIpc) is 2.94. The maximum atomic E-state index is 13.2. The average molecular weight is 511 g/mol. The summed E-state index contributed by atoms with van der Waals surface area (Å²) in [5.41, 5.74) is 1.35. The van der Waals surface area contributed by atoms with Crippen LogP contribution in [0, 0.1) is 22.7 Å². The molecule has 3 aromatic rings. The Morgan fingerprint density at radius 3 is 1.79 bits per heavy atom. The minimum atomic E-state index is -0.338. The van der Waals surface area contributed by atoms with E-state index in [2.05, 4.69) is 17.5 Å². The van der Waals surface area contributed by atoms with Crippen molar-refractivity contribution in [2.75, 3.05) is 19.7 Å². The molecule has 1 heterocycles.